The Morgan fingerprint density at radius 1 is 1.15 bits per heavy atom. The van der Waals surface area contributed by atoms with Gasteiger partial charge in [-0.05, 0) is 81.2 Å². The van der Waals surface area contributed by atoms with Crippen LogP contribution in [0.5, 0.6) is 0 Å². The van der Waals surface area contributed by atoms with Crippen molar-refractivity contribution in [1.82, 2.24) is 5.32 Å². The van der Waals surface area contributed by atoms with E-state index in [1.54, 1.807) is 11.1 Å². The number of anilines is 1. The number of nitrogens with one attached hydrogen (secondary N) is 1. The molecule has 1 unspecified atom stereocenters. The van der Waals surface area contributed by atoms with E-state index in [2.05, 4.69) is 35.3 Å². The Kier molecular flexibility index (Phi) is 3.03. The molecule has 1 atom stereocenters. The van der Waals surface area contributed by atoms with Crippen LogP contribution < -0.4 is 10.2 Å². The summed E-state index contributed by atoms with van der Waals surface area (Å²) in [5.74, 6) is 0.900. The monoisotopic (exact) mass is 270 g/mol. The van der Waals surface area contributed by atoms with Gasteiger partial charge < -0.3 is 10.2 Å². The lowest BCUT2D eigenvalue weighted by Crippen LogP contribution is -2.51. The van der Waals surface area contributed by atoms with Gasteiger partial charge in [0.05, 0.1) is 0 Å². The zero-order chi connectivity index (χ0) is 13.6. The van der Waals surface area contributed by atoms with Crippen molar-refractivity contribution in [3.63, 3.8) is 0 Å². The van der Waals surface area contributed by atoms with Crippen molar-refractivity contribution in [2.75, 3.05) is 24.5 Å². The summed E-state index contributed by atoms with van der Waals surface area (Å²) in [7, 11) is 0. The molecule has 2 heteroatoms. The van der Waals surface area contributed by atoms with Crippen molar-refractivity contribution in [3.05, 3.63) is 29.3 Å². The van der Waals surface area contributed by atoms with E-state index in [1.165, 1.54) is 63.8 Å². The lowest BCUT2D eigenvalue weighted by Gasteiger charge is -2.35. The highest BCUT2D eigenvalue weighted by Crippen LogP contribution is 2.41. The second-order valence-corrected chi connectivity index (χ2v) is 7.20. The maximum Gasteiger partial charge on any atom is 0.0369 e. The van der Waals surface area contributed by atoms with Crippen LogP contribution in [-0.2, 0) is 12.8 Å². The summed E-state index contributed by atoms with van der Waals surface area (Å²) in [6.07, 6.45) is 8.02. The Hall–Kier alpha value is -1.02. The zero-order valence-corrected chi connectivity index (χ0v) is 12.6. The average Bonchev–Trinajstić information content (AvgIpc) is 3.23. The molecule has 0 aromatic heterocycles. The van der Waals surface area contributed by atoms with Gasteiger partial charge in [0.25, 0.3) is 0 Å². The predicted octanol–water partition coefficient (Wildman–Crippen LogP) is 3.14. The molecule has 2 nitrogen and oxygen atoms in total. The maximum absolute atomic E-state index is 3.83. The average molecular weight is 270 g/mol. The van der Waals surface area contributed by atoms with Crippen LogP contribution in [0.1, 0.15) is 43.7 Å². The maximum atomic E-state index is 3.83. The molecule has 1 aliphatic heterocycles. The standard InChI is InChI=1S/C18H26N2/c1-18(16-7-8-16)13-20(11-3-10-19-18)17-9-6-14-4-2-5-15(14)12-17/h6,9,12,16,19H,2-5,7-8,10-11,13H2,1H3. The summed E-state index contributed by atoms with van der Waals surface area (Å²) in [6.45, 7) is 6.00. The van der Waals surface area contributed by atoms with Crippen LogP contribution in [0.15, 0.2) is 18.2 Å². The molecule has 0 spiro atoms. The van der Waals surface area contributed by atoms with Gasteiger partial charge >= 0.3 is 0 Å². The largest absolute Gasteiger partial charge is 0.370 e. The molecule has 0 amide bonds. The molecule has 2 fully saturated rings. The van der Waals surface area contributed by atoms with Crippen molar-refractivity contribution in [3.8, 4) is 0 Å². The molecule has 20 heavy (non-hydrogen) atoms. The van der Waals surface area contributed by atoms with Gasteiger partial charge in [0, 0.05) is 24.3 Å². The van der Waals surface area contributed by atoms with Crippen LogP contribution in [0.4, 0.5) is 5.69 Å². The summed E-state index contributed by atoms with van der Waals surface area (Å²) < 4.78 is 0. The minimum Gasteiger partial charge on any atom is -0.370 e. The van der Waals surface area contributed by atoms with Gasteiger partial charge in [-0.3, -0.25) is 0 Å². The van der Waals surface area contributed by atoms with Gasteiger partial charge in [-0.2, -0.15) is 0 Å². The van der Waals surface area contributed by atoms with E-state index >= 15 is 0 Å². The molecular formula is C18H26N2. The third kappa shape index (κ3) is 2.24. The third-order valence-corrected chi connectivity index (χ3v) is 5.58. The molecule has 1 heterocycles. The van der Waals surface area contributed by atoms with Crippen LogP contribution in [0.2, 0.25) is 0 Å². The fraction of sp³-hybridized carbons (Fsp3) is 0.667. The van der Waals surface area contributed by atoms with Gasteiger partial charge in [0.1, 0.15) is 0 Å². The molecule has 0 radical (unpaired) electrons. The molecule has 1 aromatic rings. The molecule has 108 valence electrons. The SMILES string of the molecule is CC1(C2CC2)CN(c2ccc3c(c2)CCC3)CCCN1. The van der Waals surface area contributed by atoms with Crippen molar-refractivity contribution < 1.29 is 0 Å². The van der Waals surface area contributed by atoms with E-state index in [-0.39, 0.29) is 0 Å². The van der Waals surface area contributed by atoms with Crippen LogP contribution >= 0.6 is 0 Å². The number of aryl methyl sites for hydroxylation is 2. The van der Waals surface area contributed by atoms with Crippen LogP contribution in [0.25, 0.3) is 0 Å². The third-order valence-electron chi connectivity index (χ3n) is 5.58. The van der Waals surface area contributed by atoms with Crippen molar-refractivity contribution >= 4 is 5.69 Å². The second kappa shape index (κ2) is 4.77. The highest BCUT2D eigenvalue weighted by molar-refractivity contribution is 5.53. The van der Waals surface area contributed by atoms with Crippen LogP contribution in [-0.4, -0.2) is 25.2 Å². The summed E-state index contributed by atoms with van der Waals surface area (Å²) in [4.78, 5) is 2.64. The topological polar surface area (TPSA) is 15.3 Å². The number of rotatable bonds is 2. The molecule has 2 aliphatic carbocycles. The van der Waals surface area contributed by atoms with E-state index < -0.39 is 0 Å². The molecule has 4 rings (SSSR count). The van der Waals surface area contributed by atoms with Crippen molar-refractivity contribution in [2.24, 2.45) is 5.92 Å². The van der Waals surface area contributed by atoms with E-state index in [9.17, 15) is 0 Å². The molecule has 0 bridgehead atoms. The minimum absolute atomic E-state index is 0.329. The summed E-state index contributed by atoms with van der Waals surface area (Å²) in [6, 6.07) is 7.22. The highest BCUT2D eigenvalue weighted by Gasteiger charge is 2.43. The van der Waals surface area contributed by atoms with Crippen LogP contribution in [0, 0.1) is 5.92 Å². The molecule has 3 aliphatic rings. The first-order chi connectivity index (χ1) is 9.74. The second-order valence-electron chi connectivity index (χ2n) is 7.20. The number of fused-ring (bicyclic) bond motifs is 1. The van der Waals surface area contributed by atoms with E-state index in [1.807, 2.05) is 0 Å². The van der Waals surface area contributed by atoms with Gasteiger partial charge in [0.2, 0.25) is 0 Å². The van der Waals surface area contributed by atoms with E-state index in [4.69, 9.17) is 0 Å². The first-order valence-corrected chi connectivity index (χ1v) is 8.36. The van der Waals surface area contributed by atoms with Gasteiger partial charge in [0.15, 0.2) is 0 Å². The Labute approximate surface area is 122 Å². The zero-order valence-electron chi connectivity index (χ0n) is 12.6. The lowest BCUT2D eigenvalue weighted by molar-refractivity contribution is 0.331. The van der Waals surface area contributed by atoms with Crippen LogP contribution in [0.3, 0.4) is 0 Å². The smallest absolute Gasteiger partial charge is 0.0369 e. The number of hydrogen-bond donors (Lipinski definition) is 1. The summed E-state index contributed by atoms with van der Waals surface area (Å²) in [5, 5.41) is 3.83. The van der Waals surface area contributed by atoms with E-state index in [0.717, 1.165) is 5.92 Å². The Bertz CT molecular complexity index is 506. The fourth-order valence-corrected chi connectivity index (χ4v) is 4.14. The number of benzene rings is 1. The molecule has 1 saturated carbocycles. The Morgan fingerprint density at radius 2 is 2.00 bits per heavy atom. The summed E-state index contributed by atoms with van der Waals surface area (Å²) >= 11 is 0. The molecular weight excluding hydrogens is 244 g/mol. The predicted molar refractivity (Wildman–Crippen MR) is 84.4 cm³/mol. The Morgan fingerprint density at radius 3 is 2.85 bits per heavy atom. The van der Waals surface area contributed by atoms with E-state index in [0.29, 0.717) is 5.54 Å². The van der Waals surface area contributed by atoms with Gasteiger partial charge in [-0.25, -0.2) is 0 Å². The number of nitrogens with zero attached hydrogens (tertiary/aromatic N) is 1. The fourth-order valence-electron chi connectivity index (χ4n) is 4.14. The van der Waals surface area contributed by atoms with Gasteiger partial charge in [-0.1, -0.05) is 6.07 Å². The Balaban J connectivity index is 1.60. The normalized spacial score (nSPS) is 30.1. The quantitative estimate of drug-likeness (QED) is 0.888. The van der Waals surface area contributed by atoms with Gasteiger partial charge in [-0.15, -0.1) is 0 Å². The van der Waals surface area contributed by atoms with Crippen molar-refractivity contribution in [1.29, 1.82) is 0 Å². The lowest BCUT2D eigenvalue weighted by atomic mass is 9.95. The number of hydrogen-bond acceptors (Lipinski definition) is 2. The molecule has 1 N–H and O–H groups in total. The molecule has 1 saturated heterocycles. The highest BCUT2D eigenvalue weighted by atomic mass is 15.2. The minimum atomic E-state index is 0.329. The summed E-state index contributed by atoms with van der Waals surface area (Å²) in [5.41, 5.74) is 4.98. The molecule has 1 aromatic carbocycles. The first kappa shape index (κ1) is 12.7. The van der Waals surface area contributed by atoms with Crippen molar-refractivity contribution in [2.45, 2.75) is 51.0 Å². The first-order valence-electron chi connectivity index (χ1n) is 8.36.